The molecule has 30 heavy (non-hydrogen) atoms. The molecule has 4 rings (SSSR count). The molecule has 158 valence electrons. The van der Waals surface area contributed by atoms with E-state index in [-0.39, 0.29) is 18.4 Å². The molecule has 0 spiro atoms. The number of methoxy groups -OCH3 is 1. The highest BCUT2D eigenvalue weighted by Gasteiger charge is 2.24. The van der Waals surface area contributed by atoms with Gasteiger partial charge in [-0.25, -0.2) is 9.07 Å². The minimum absolute atomic E-state index is 0.151. The van der Waals surface area contributed by atoms with Gasteiger partial charge in [0.25, 0.3) is 0 Å². The van der Waals surface area contributed by atoms with Crippen LogP contribution in [0.4, 0.5) is 4.39 Å². The van der Waals surface area contributed by atoms with Gasteiger partial charge in [-0.05, 0) is 56.1 Å². The molecular formula is C24H28FN3O2. The zero-order valence-corrected chi connectivity index (χ0v) is 17.5. The van der Waals surface area contributed by atoms with E-state index in [0.717, 1.165) is 48.3 Å². The first-order valence-corrected chi connectivity index (χ1v) is 10.4. The first kappa shape index (κ1) is 20.6. The molecule has 1 aliphatic rings. The maximum Gasteiger partial charge on any atom is 0.165 e. The number of nitrogens with zero attached hydrogens (tertiary/aromatic N) is 3. The molecule has 0 radical (unpaired) electrons. The van der Waals surface area contributed by atoms with Gasteiger partial charge in [0, 0.05) is 29.9 Å². The lowest BCUT2D eigenvalue weighted by Crippen LogP contribution is -2.41. The summed E-state index contributed by atoms with van der Waals surface area (Å²) in [5.41, 5.74) is 4.60. The summed E-state index contributed by atoms with van der Waals surface area (Å²) in [6.07, 6.45) is 5.29. The number of aliphatic hydroxyl groups is 1. The third kappa shape index (κ3) is 4.11. The average Bonchev–Trinajstić information content (AvgIpc) is 3.18. The maximum absolute atomic E-state index is 14.4. The number of rotatable bonds is 6. The summed E-state index contributed by atoms with van der Waals surface area (Å²) in [4.78, 5) is 2.31. The number of hydrogen-bond acceptors (Lipinski definition) is 4. The molecule has 1 fully saturated rings. The number of aliphatic hydroxyl groups excluding tert-OH is 1. The molecule has 1 aromatic heterocycles. The van der Waals surface area contributed by atoms with Gasteiger partial charge < -0.3 is 9.84 Å². The van der Waals surface area contributed by atoms with Crippen molar-refractivity contribution in [2.24, 2.45) is 0 Å². The first-order chi connectivity index (χ1) is 14.6. The van der Waals surface area contributed by atoms with Gasteiger partial charge in [-0.15, -0.1) is 0 Å². The maximum atomic E-state index is 14.4. The number of aryl methyl sites for hydroxylation is 1. The number of likely N-dealkylation sites (tertiary alicyclic amines) is 1. The number of aromatic nitrogens is 2. The van der Waals surface area contributed by atoms with E-state index in [9.17, 15) is 9.50 Å². The van der Waals surface area contributed by atoms with Gasteiger partial charge in [0.1, 0.15) is 0 Å². The molecule has 0 amide bonds. The normalized spacial score (nSPS) is 17.3. The van der Waals surface area contributed by atoms with Crippen molar-refractivity contribution < 1.29 is 14.2 Å². The summed E-state index contributed by atoms with van der Waals surface area (Å²) < 4.78 is 21.4. The van der Waals surface area contributed by atoms with Crippen molar-refractivity contribution in [1.29, 1.82) is 0 Å². The molecule has 3 aromatic rings. The van der Waals surface area contributed by atoms with Crippen LogP contribution < -0.4 is 4.74 Å². The van der Waals surface area contributed by atoms with E-state index in [2.05, 4.69) is 17.9 Å². The van der Waals surface area contributed by atoms with E-state index in [0.29, 0.717) is 12.1 Å². The molecule has 1 saturated heterocycles. The lowest BCUT2D eigenvalue weighted by Gasteiger charge is -2.34. The van der Waals surface area contributed by atoms with Gasteiger partial charge in [0.2, 0.25) is 0 Å². The highest BCUT2D eigenvalue weighted by atomic mass is 19.1. The van der Waals surface area contributed by atoms with E-state index in [1.807, 2.05) is 35.1 Å². The summed E-state index contributed by atoms with van der Waals surface area (Å²) in [6.45, 7) is 3.81. The van der Waals surface area contributed by atoms with Crippen LogP contribution in [0.2, 0.25) is 0 Å². The van der Waals surface area contributed by atoms with Crippen LogP contribution in [0.15, 0.2) is 48.7 Å². The van der Waals surface area contributed by atoms with Crippen LogP contribution in [-0.2, 0) is 6.54 Å². The van der Waals surface area contributed by atoms with E-state index in [1.54, 1.807) is 6.07 Å². The average molecular weight is 410 g/mol. The minimum atomic E-state index is -0.405. The Labute approximate surface area is 176 Å². The number of para-hydroxylation sites is 1. The molecular weight excluding hydrogens is 381 g/mol. The van der Waals surface area contributed by atoms with Gasteiger partial charge in [-0.2, -0.15) is 5.10 Å². The third-order valence-electron chi connectivity index (χ3n) is 5.91. The van der Waals surface area contributed by atoms with Crippen molar-refractivity contribution in [3.63, 3.8) is 0 Å². The Hall–Kier alpha value is -2.70. The molecule has 1 aliphatic heterocycles. The highest BCUT2D eigenvalue weighted by Crippen LogP contribution is 2.30. The molecule has 1 N–H and O–H groups in total. The standard InChI is InChI=1S/C24H28FN3O2/c1-17-7-3-4-9-22(17)28-15-19(14-27-12-6-5-8-20(27)16-29)24(26-28)18-10-11-23(30-2)21(25)13-18/h3-4,7,9-11,13,15,20,29H,5-6,8,12,14,16H2,1-2H3. The van der Waals surface area contributed by atoms with Crippen molar-refractivity contribution in [3.8, 4) is 22.7 Å². The number of benzene rings is 2. The molecule has 6 heteroatoms. The van der Waals surface area contributed by atoms with Crippen LogP contribution in [0.25, 0.3) is 16.9 Å². The zero-order valence-electron chi connectivity index (χ0n) is 17.5. The fourth-order valence-electron chi connectivity index (χ4n) is 4.22. The summed E-state index contributed by atoms with van der Waals surface area (Å²) in [5, 5.41) is 14.7. The van der Waals surface area contributed by atoms with Crippen molar-refractivity contribution >= 4 is 0 Å². The fourth-order valence-corrected chi connectivity index (χ4v) is 4.22. The predicted octanol–water partition coefficient (Wildman–Crippen LogP) is 4.34. The second kappa shape index (κ2) is 8.98. The van der Waals surface area contributed by atoms with Crippen LogP contribution in [-0.4, -0.2) is 46.1 Å². The monoisotopic (exact) mass is 409 g/mol. The Bertz CT molecular complexity index is 1020. The third-order valence-corrected chi connectivity index (χ3v) is 5.91. The number of halogens is 1. The van der Waals surface area contributed by atoms with Crippen molar-refractivity contribution in [3.05, 3.63) is 65.6 Å². The summed E-state index contributed by atoms with van der Waals surface area (Å²) in [5.74, 6) is -0.187. The number of piperidine rings is 1. The quantitative estimate of drug-likeness (QED) is 0.658. The van der Waals surface area contributed by atoms with Crippen LogP contribution in [0, 0.1) is 12.7 Å². The van der Waals surface area contributed by atoms with Gasteiger partial charge in [0.05, 0.1) is 25.1 Å². The van der Waals surface area contributed by atoms with Gasteiger partial charge in [-0.1, -0.05) is 24.6 Å². The summed E-state index contributed by atoms with van der Waals surface area (Å²) in [7, 11) is 1.46. The van der Waals surface area contributed by atoms with Crippen molar-refractivity contribution in [2.75, 3.05) is 20.3 Å². The Morgan fingerprint density at radius 1 is 1.20 bits per heavy atom. The molecule has 1 unspecified atom stereocenters. The molecule has 0 saturated carbocycles. The topological polar surface area (TPSA) is 50.5 Å². The smallest absolute Gasteiger partial charge is 0.165 e. The predicted molar refractivity (Wildman–Crippen MR) is 115 cm³/mol. The van der Waals surface area contributed by atoms with E-state index in [4.69, 9.17) is 9.84 Å². The van der Waals surface area contributed by atoms with Crippen LogP contribution in [0.1, 0.15) is 30.4 Å². The fraction of sp³-hybridized carbons (Fsp3) is 0.375. The van der Waals surface area contributed by atoms with E-state index < -0.39 is 5.82 Å². The zero-order chi connectivity index (χ0) is 21.1. The SMILES string of the molecule is COc1ccc(-c2nn(-c3ccccc3C)cc2CN2CCCCC2CO)cc1F. The van der Waals surface area contributed by atoms with Gasteiger partial charge in [0.15, 0.2) is 11.6 Å². The van der Waals surface area contributed by atoms with Crippen LogP contribution in [0.5, 0.6) is 5.75 Å². The first-order valence-electron chi connectivity index (χ1n) is 10.4. The van der Waals surface area contributed by atoms with Gasteiger partial charge in [-0.3, -0.25) is 4.90 Å². The lowest BCUT2D eigenvalue weighted by molar-refractivity contribution is 0.0842. The van der Waals surface area contributed by atoms with Gasteiger partial charge >= 0.3 is 0 Å². The Kier molecular flexibility index (Phi) is 6.16. The summed E-state index contributed by atoms with van der Waals surface area (Å²) in [6, 6.07) is 13.2. The largest absolute Gasteiger partial charge is 0.494 e. The van der Waals surface area contributed by atoms with E-state index >= 15 is 0 Å². The molecule has 1 atom stereocenters. The number of hydrogen-bond donors (Lipinski definition) is 1. The lowest BCUT2D eigenvalue weighted by atomic mass is 10.0. The minimum Gasteiger partial charge on any atom is -0.494 e. The Morgan fingerprint density at radius 3 is 2.77 bits per heavy atom. The second-order valence-electron chi connectivity index (χ2n) is 7.89. The molecule has 0 bridgehead atoms. The van der Waals surface area contributed by atoms with Crippen molar-refractivity contribution in [2.45, 2.75) is 38.8 Å². The molecule has 2 aromatic carbocycles. The molecule has 5 nitrogen and oxygen atoms in total. The Morgan fingerprint density at radius 2 is 2.03 bits per heavy atom. The number of ether oxygens (including phenoxy) is 1. The second-order valence-corrected chi connectivity index (χ2v) is 7.89. The van der Waals surface area contributed by atoms with Crippen LogP contribution in [0.3, 0.4) is 0 Å². The Balaban J connectivity index is 1.77. The van der Waals surface area contributed by atoms with E-state index in [1.165, 1.54) is 13.2 Å². The molecule has 0 aliphatic carbocycles. The summed E-state index contributed by atoms with van der Waals surface area (Å²) >= 11 is 0. The highest BCUT2D eigenvalue weighted by molar-refractivity contribution is 5.64. The van der Waals surface area contributed by atoms with Crippen LogP contribution >= 0.6 is 0 Å². The van der Waals surface area contributed by atoms with Crippen molar-refractivity contribution in [1.82, 2.24) is 14.7 Å². The molecule has 2 heterocycles.